The number of hydrogen-bond acceptors (Lipinski definition) is 4. The number of aliphatic imine (C=N–C) groups is 1. The first kappa shape index (κ1) is 22.8. The van der Waals surface area contributed by atoms with Crippen LogP contribution < -0.4 is 15.4 Å². The van der Waals surface area contributed by atoms with Gasteiger partial charge in [-0.05, 0) is 17.2 Å². The maximum Gasteiger partial charge on any atom is 0.191 e. The minimum absolute atomic E-state index is 0. The van der Waals surface area contributed by atoms with Gasteiger partial charge in [0, 0.05) is 33.1 Å². The summed E-state index contributed by atoms with van der Waals surface area (Å²) in [5.41, 5.74) is 2.59. The summed E-state index contributed by atoms with van der Waals surface area (Å²) >= 11 is 0. The molecule has 2 heterocycles. The van der Waals surface area contributed by atoms with E-state index in [1.165, 1.54) is 11.1 Å². The van der Waals surface area contributed by atoms with E-state index in [2.05, 4.69) is 63.0 Å². The second kappa shape index (κ2) is 11.5. The molecule has 0 aromatic heterocycles. The molecule has 0 spiro atoms. The zero-order valence-electron chi connectivity index (χ0n) is 17.4. The minimum Gasteiger partial charge on any atom is -0.488 e. The Morgan fingerprint density at radius 1 is 1.07 bits per heavy atom. The zero-order chi connectivity index (χ0) is 19.9. The Hall–Kier alpha value is -1.84. The van der Waals surface area contributed by atoms with Crippen molar-refractivity contribution in [3.05, 3.63) is 65.7 Å². The summed E-state index contributed by atoms with van der Waals surface area (Å²) in [5, 5.41) is 6.94. The number of fused-ring (bicyclic) bond motifs is 1. The molecule has 7 heteroatoms. The molecule has 0 radical (unpaired) electrons. The van der Waals surface area contributed by atoms with E-state index in [0.29, 0.717) is 0 Å². The highest BCUT2D eigenvalue weighted by molar-refractivity contribution is 14.0. The summed E-state index contributed by atoms with van der Waals surface area (Å²) < 4.78 is 11.6. The van der Waals surface area contributed by atoms with Crippen LogP contribution in [0.25, 0.3) is 0 Å². The van der Waals surface area contributed by atoms with Gasteiger partial charge >= 0.3 is 0 Å². The lowest BCUT2D eigenvalue weighted by atomic mass is 10.0. The molecule has 2 aromatic carbocycles. The van der Waals surface area contributed by atoms with Gasteiger partial charge in [0.15, 0.2) is 5.96 Å². The lowest BCUT2D eigenvalue weighted by Crippen LogP contribution is -2.47. The summed E-state index contributed by atoms with van der Waals surface area (Å²) in [7, 11) is 1.81. The van der Waals surface area contributed by atoms with Crippen LogP contribution in [0, 0.1) is 0 Å². The topological polar surface area (TPSA) is 58.1 Å². The largest absolute Gasteiger partial charge is 0.488 e. The molecule has 6 nitrogen and oxygen atoms in total. The molecule has 2 aliphatic heterocycles. The Balaban J connectivity index is 0.00000256. The summed E-state index contributed by atoms with van der Waals surface area (Å²) in [6.07, 6.45) is 1.07. The molecular weight excluding hydrogens is 491 g/mol. The summed E-state index contributed by atoms with van der Waals surface area (Å²) in [6.45, 7) is 4.98. The summed E-state index contributed by atoms with van der Waals surface area (Å²) in [4.78, 5) is 6.89. The van der Waals surface area contributed by atoms with Crippen LogP contribution in [0.4, 0.5) is 0 Å². The van der Waals surface area contributed by atoms with E-state index in [0.717, 1.165) is 57.5 Å². The van der Waals surface area contributed by atoms with E-state index in [4.69, 9.17) is 9.47 Å². The van der Waals surface area contributed by atoms with Crippen molar-refractivity contribution in [3.8, 4) is 5.75 Å². The summed E-state index contributed by atoms with van der Waals surface area (Å²) in [6, 6.07) is 19.2. The molecule has 0 saturated carbocycles. The van der Waals surface area contributed by atoms with Gasteiger partial charge in [-0.3, -0.25) is 9.89 Å². The van der Waals surface area contributed by atoms with Crippen LogP contribution in [0.3, 0.4) is 0 Å². The second-order valence-corrected chi connectivity index (χ2v) is 7.46. The number of hydrogen-bond donors (Lipinski definition) is 2. The molecule has 162 valence electrons. The van der Waals surface area contributed by atoms with Crippen LogP contribution in [0.1, 0.15) is 17.2 Å². The van der Waals surface area contributed by atoms with Crippen molar-refractivity contribution in [2.75, 3.05) is 46.4 Å². The number of halogens is 1. The molecule has 30 heavy (non-hydrogen) atoms. The van der Waals surface area contributed by atoms with Crippen molar-refractivity contribution in [1.82, 2.24) is 15.5 Å². The predicted octanol–water partition coefficient (Wildman–Crippen LogP) is 2.85. The van der Waals surface area contributed by atoms with Gasteiger partial charge in [0.1, 0.15) is 11.9 Å². The van der Waals surface area contributed by atoms with Crippen LogP contribution >= 0.6 is 24.0 Å². The number of rotatable bonds is 6. The van der Waals surface area contributed by atoms with E-state index in [1.54, 1.807) is 0 Å². The van der Waals surface area contributed by atoms with Crippen LogP contribution in [-0.4, -0.2) is 63.4 Å². The van der Waals surface area contributed by atoms with Gasteiger partial charge in [-0.2, -0.15) is 0 Å². The first-order chi connectivity index (χ1) is 14.3. The Morgan fingerprint density at radius 3 is 2.53 bits per heavy atom. The zero-order valence-corrected chi connectivity index (χ0v) is 19.8. The van der Waals surface area contributed by atoms with Crippen molar-refractivity contribution in [1.29, 1.82) is 0 Å². The molecule has 1 saturated heterocycles. The molecule has 1 fully saturated rings. The monoisotopic (exact) mass is 522 g/mol. The average molecular weight is 522 g/mol. The third kappa shape index (κ3) is 5.86. The molecule has 2 aliphatic rings. The maximum absolute atomic E-state index is 6.02. The van der Waals surface area contributed by atoms with Gasteiger partial charge in [-0.15, -0.1) is 24.0 Å². The number of nitrogens with one attached hydrogen (secondary N) is 2. The fraction of sp³-hybridized carbons (Fsp3) is 0.435. The molecule has 2 N–H and O–H groups in total. The molecule has 2 unspecified atom stereocenters. The molecule has 4 rings (SSSR count). The number of ether oxygens (including phenoxy) is 2. The van der Waals surface area contributed by atoms with Crippen LogP contribution in [0.2, 0.25) is 0 Å². The third-order valence-corrected chi connectivity index (χ3v) is 5.57. The van der Waals surface area contributed by atoms with Gasteiger partial charge < -0.3 is 20.1 Å². The van der Waals surface area contributed by atoms with E-state index in [9.17, 15) is 0 Å². The number of para-hydroxylation sites is 1. The third-order valence-electron chi connectivity index (χ3n) is 5.57. The van der Waals surface area contributed by atoms with Crippen LogP contribution in [0.5, 0.6) is 5.75 Å². The van der Waals surface area contributed by atoms with E-state index >= 15 is 0 Å². The first-order valence-corrected chi connectivity index (χ1v) is 10.4. The van der Waals surface area contributed by atoms with E-state index in [1.807, 2.05) is 19.2 Å². The SMILES string of the molecule is CN=C(NCC1Cc2ccccc2O1)NCC(c1ccccc1)N1CCOCC1.I. The molecule has 2 aromatic rings. The van der Waals surface area contributed by atoms with Crippen LogP contribution in [0.15, 0.2) is 59.6 Å². The normalized spacial score (nSPS) is 19.9. The van der Waals surface area contributed by atoms with E-state index in [-0.39, 0.29) is 36.1 Å². The van der Waals surface area contributed by atoms with Gasteiger partial charge in [0.25, 0.3) is 0 Å². The second-order valence-electron chi connectivity index (χ2n) is 7.46. The van der Waals surface area contributed by atoms with Crippen LogP contribution in [-0.2, 0) is 11.2 Å². The van der Waals surface area contributed by atoms with Crippen molar-refractivity contribution in [2.24, 2.45) is 4.99 Å². The number of nitrogens with zero attached hydrogens (tertiary/aromatic N) is 2. The Kier molecular flexibility index (Phi) is 8.77. The highest BCUT2D eigenvalue weighted by Gasteiger charge is 2.24. The molecule has 0 aliphatic carbocycles. The quantitative estimate of drug-likeness (QED) is 0.347. The van der Waals surface area contributed by atoms with E-state index < -0.39 is 0 Å². The van der Waals surface area contributed by atoms with Crippen molar-refractivity contribution in [3.63, 3.8) is 0 Å². The Morgan fingerprint density at radius 2 is 1.80 bits per heavy atom. The fourth-order valence-corrected chi connectivity index (χ4v) is 4.01. The van der Waals surface area contributed by atoms with Crippen molar-refractivity contribution in [2.45, 2.75) is 18.6 Å². The van der Waals surface area contributed by atoms with Crippen molar-refractivity contribution >= 4 is 29.9 Å². The number of benzene rings is 2. The molecule has 2 atom stereocenters. The van der Waals surface area contributed by atoms with Gasteiger partial charge in [-0.25, -0.2) is 0 Å². The molecular formula is C23H31IN4O2. The predicted molar refractivity (Wildman–Crippen MR) is 131 cm³/mol. The summed E-state index contributed by atoms with van der Waals surface area (Å²) in [5.74, 6) is 1.80. The Bertz CT molecular complexity index is 787. The Labute approximate surface area is 196 Å². The first-order valence-electron chi connectivity index (χ1n) is 10.4. The van der Waals surface area contributed by atoms with Gasteiger partial charge in [-0.1, -0.05) is 48.5 Å². The molecule has 0 bridgehead atoms. The maximum atomic E-state index is 6.02. The number of morpholine rings is 1. The smallest absolute Gasteiger partial charge is 0.191 e. The minimum atomic E-state index is 0. The van der Waals surface area contributed by atoms with Gasteiger partial charge in [0.2, 0.25) is 0 Å². The van der Waals surface area contributed by atoms with Gasteiger partial charge in [0.05, 0.1) is 25.8 Å². The fourth-order valence-electron chi connectivity index (χ4n) is 4.01. The highest BCUT2D eigenvalue weighted by atomic mass is 127. The molecule has 0 amide bonds. The number of guanidine groups is 1. The van der Waals surface area contributed by atoms with Crippen molar-refractivity contribution < 1.29 is 9.47 Å². The lowest BCUT2D eigenvalue weighted by molar-refractivity contribution is 0.0170. The average Bonchev–Trinajstić information content (AvgIpc) is 3.20. The highest BCUT2D eigenvalue weighted by Crippen LogP contribution is 2.27. The lowest BCUT2D eigenvalue weighted by Gasteiger charge is -2.35. The standard InChI is InChI=1S/C23H30N4O2.HI/c1-24-23(25-16-20-15-19-9-5-6-10-22(19)29-20)26-17-21(18-7-3-2-4-8-18)27-11-13-28-14-12-27;/h2-10,20-21H,11-17H2,1H3,(H2,24,25,26);1H.